The smallest absolute Gasteiger partial charge is 0.325 e. The summed E-state index contributed by atoms with van der Waals surface area (Å²) < 4.78 is 13.0. The number of piperazine rings is 1. The van der Waals surface area contributed by atoms with Gasteiger partial charge in [-0.05, 0) is 35.7 Å². The molecule has 1 aromatic carbocycles. The summed E-state index contributed by atoms with van der Waals surface area (Å²) in [4.78, 5) is 56.1. The summed E-state index contributed by atoms with van der Waals surface area (Å²) in [6.07, 6.45) is 0. The number of halogens is 1. The average molecular weight is 460 g/mol. The summed E-state index contributed by atoms with van der Waals surface area (Å²) in [6, 6.07) is 8.59. The molecule has 0 atom stereocenters. The summed E-state index contributed by atoms with van der Waals surface area (Å²) in [6.45, 7) is 2.54. The molecule has 2 saturated heterocycles. The van der Waals surface area contributed by atoms with E-state index >= 15 is 0 Å². The molecule has 2 aliphatic rings. The van der Waals surface area contributed by atoms with E-state index in [-0.39, 0.29) is 31.5 Å². The second-order valence-corrected chi connectivity index (χ2v) is 8.61. The highest BCUT2D eigenvalue weighted by molar-refractivity contribution is 7.09. The molecule has 0 spiro atoms. The van der Waals surface area contributed by atoms with E-state index in [2.05, 4.69) is 5.32 Å². The third-order valence-electron chi connectivity index (χ3n) is 5.33. The van der Waals surface area contributed by atoms with Gasteiger partial charge in [0.15, 0.2) is 0 Å². The highest BCUT2D eigenvalue weighted by atomic mass is 32.1. The van der Waals surface area contributed by atoms with Crippen LogP contribution in [0.4, 0.5) is 14.9 Å². The summed E-state index contributed by atoms with van der Waals surface area (Å²) in [5.41, 5.74) is 0.526. The largest absolute Gasteiger partial charge is 0.335 e. The van der Waals surface area contributed by atoms with Gasteiger partial charge in [-0.1, -0.05) is 6.07 Å². The predicted molar refractivity (Wildman–Crippen MR) is 115 cm³/mol. The van der Waals surface area contributed by atoms with Gasteiger partial charge in [-0.2, -0.15) is 0 Å². The standard InChI is InChI=1S/C21H22FN5O4S/c22-15-3-5-16(6-4-15)23-18(28)13-24-7-9-25(10-8-24)14-27-20(30)19(29)26(21(27)31)12-17-2-1-11-32-17/h1-6,11H,7-10,12-14H2,(H,23,28). The summed E-state index contributed by atoms with van der Waals surface area (Å²) in [5.74, 6) is -2.19. The maximum Gasteiger partial charge on any atom is 0.335 e. The van der Waals surface area contributed by atoms with Crippen LogP contribution in [0.3, 0.4) is 0 Å². The molecule has 0 saturated carbocycles. The van der Waals surface area contributed by atoms with E-state index in [0.29, 0.717) is 31.9 Å². The average Bonchev–Trinajstić information content (AvgIpc) is 3.36. The molecule has 11 heteroatoms. The van der Waals surface area contributed by atoms with Gasteiger partial charge in [-0.3, -0.25) is 29.1 Å². The number of thiophene rings is 1. The van der Waals surface area contributed by atoms with Crippen LogP contribution < -0.4 is 5.32 Å². The van der Waals surface area contributed by atoms with E-state index in [1.807, 2.05) is 27.3 Å². The van der Waals surface area contributed by atoms with E-state index < -0.39 is 17.8 Å². The normalized spacial score (nSPS) is 18.0. The number of hydrogen-bond donors (Lipinski definition) is 1. The second kappa shape index (κ2) is 9.55. The minimum absolute atomic E-state index is 0.0416. The number of benzene rings is 1. The minimum atomic E-state index is -0.812. The van der Waals surface area contributed by atoms with Crippen LogP contribution in [0.1, 0.15) is 4.88 Å². The third kappa shape index (κ3) is 5.01. The van der Waals surface area contributed by atoms with Gasteiger partial charge >= 0.3 is 17.8 Å². The number of nitrogens with one attached hydrogen (secondary N) is 1. The highest BCUT2D eigenvalue weighted by Gasteiger charge is 2.45. The molecule has 32 heavy (non-hydrogen) atoms. The monoisotopic (exact) mass is 459 g/mol. The minimum Gasteiger partial charge on any atom is -0.325 e. The molecule has 0 unspecified atom stereocenters. The van der Waals surface area contributed by atoms with Crippen molar-refractivity contribution in [2.75, 3.05) is 44.7 Å². The van der Waals surface area contributed by atoms with Crippen LogP contribution in [0.15, 0.2) is 41.8 Å². The number of urea groups is 1. The summed E-state index contributed by atoms with van der Waals surface area (Å²) in [5, 5.41) is 4.57. The van der Waals surface area contributed by atoms with Crippen molar-refractivity contribution in [1.29, 1.82) is 0 Å². The quantitative estimate of drug-likeness (QED) is 0.497. The number of carbonyl (C=O) groups excluding carboxylic acids is 4. The molecule has 0 radical (unpaired) electrons. The van der Waals surface area contributed by atoms with Gasteiger partial charge in [0.05, 0.1) is 19.8 Å². The second-order valence-electron chi connectivity index (χ2n) is 7.58. The first-order valence-electron chi connectivity index (χ1n) is 10.1. The molecule has 0 bridgehead atoms. The predicted octanol–water partition coefficient (Wildman–Crippen LogP) is 1.39. The van der Waals surface area contributed by atoms with Crippen LogP contribution in [-0.4, -0.2) is 82.7 Å². The lowest BCUT2D eigenvalue weighted by Crippen LogP contribution is -2.52. The van der Waals surface area contributed by atoms with Crippen LogP contribution in [-0.2, 0) is 20.9 Å². The van der Waals surface area contributed by atoms with Gasteiger partial charge in [0.25, 0.3) is 0 Å². The number of anilines is 1. The molecule has 9 nitrogen and oxygen atoms in total. The number of carbonyl (C=O) groups is 4. The first-order chi connectivity index (χ1) is 15.4. The van der Waals surface area contributed by atoms with E-state index in [1.54, 1.807) is 0 Å². The molecule has 5 amide bonds. The van der Waals surface area contributed by atoms with Crippen molar-refractivity contribution in [3.05, 3.63) is 52.5 Å². The Bertz CT molecular complexity index is 1010. The van der Waals surface area contributed by atoms with Gasteiger partial charge in [0.1, 0.15) is 5.82 Å². The number of imide groups is 2. The Labute approximate surface area is 188 Å². The zero-order chi connectivity index (χ0) is 22.7. The van der Waals surface area contributed by atoms with Crippen molar-refractivity contribution in [3.8, 4) is 0 Å². The molecule has 4 rings (SSSR count). The highest BCUT2D eigenvalue weighted by Crippen LogP contribution is 2.19. The van der Waals surface area contributed by atoms with Crippen molar-refractivity contribution in [2.24, 2.45) is 0 Å². The lowest BCUT2D eigenvalue weighted by Gasteiger charge is -2.35. The number of hydrogen-bond acceptors (Lipinski definition) is 7. The Morgan fingerprint density at radius 1 is 0.938 bits per heavy atom. The fraction of sp³-hybridized carbons (Fsp3) is 0.333. The third-order valence-corrected chi connectivity index (χ3v) is 6.19. The topological polar surface area (TPSA) is 93.3 Å². The summed E-state index contributed by atoms with van der Waals surface area (Å²) >= 11 is 1.42. The Kier molecular flexibility index (Phi) is 6.58. The van der Waals surface area contributed by atoms with Gasteiger partial charge < -0.3 is 5.32 Å². The van der Waals surface area contributed by atoms with Crippen LogP contribution in [0, 0.1) is 5.82 Å². The fourth-order valence-corrected chi connectivity index (χ4v) is 4.29. The molecular weight excluding hydrogens is 437 g/mol. The molecule has 168 valence electrons. The molecule has 1 aromatic heterocycles. The number of rotatable bonds is 7. The Hall–Kier alpha value is -3.15. The molecule has 3 heterocycles. The van der Waals surface area contributed by atoms with Crippen molar-refractivity contribution in [3.63, 3.8) is 0 Å². The maximum absolute atomic E-state index is 13.0. The van der Waals surface area contributed by atoms with Crippen LogP contribution in [0.2, 0.25) is 0 Å². The van der Waals surface area contributed by atoms with E-state index in [0.717, 1.165) is 14.7 Å². The molecule has 2 fully saturated rings. The SMILES string of the molecule is O=C(CN1CCN(CN2C(=O)C(=O)N(Cc3cccs3)C2=O)CC1)Nc1ccc(F)cc1. The zero-order valence-corrected chi connectivity index (χ0v) is 18.0. The van der Waals surface area contributed by atoms with Gasteiger partial charge in [0.2, 0.25) is 5.91 Å². The van der Waals surface area contributed by atoms with E-state index in [4.69, 9.17) is 0 Å². The van der Waals surface area contributed by atoms with Crippen molar-refractivity contribution >= 4 is 40.8 Å². The summed E-state index contributed by atoms with van der Waals surface area (Å²) in [7, 11) is 0. The Balaban J connectivity index is 1.25. The van der Waals surface area contributed by atoms with Crippen LogP contribution >= 0.6 is 11.3 Å². The fourth-order valence-electron chi connectivity index (χ4n) is 3.60. The van der Waals surface area contributed by atoms with Crippen molar-refractivity contribution in [1.82, 2.24) is 19.6 Å². The lowest BCUT2D eigenvalue weighted by atomic mass is 10.3. The zero-order valence-electron chi connectivity index (χ0n) is 17.2. The molecule has 1 N–H and O–H groups in total. The molecule has 2 aliphatic heterocycles. The first kappa shape index (κ1) is 22.1. The van der Waals surface area contributed by atoms with Crippen LogP contribution in [0.5, 0.6) is 0 Å². The molecule has 2 aromatic rings. The lowest BCUT2D eigenvalue weighted by molar-refractivity contribution is -0.144. The van der Waals surface area contributed by atoms with Crippen LogP contribution in [0.25, 0.3) is 0 Å². The van der Waals surface area contributed by atoms with Gasteiger partial charge in [-0.15, -0.1) is 11.3 Å². The molecule has 0 aliphatic carbocycles. The van der Waals surface area contributed by atoms with E-state index in [1.165, 1.54) is 35.6 Å². The number of amides is 5. The van der Waals surface area contributed by atoms with E-state index in [9.17, 15) is 23.6 Å². The Morgan fingerprint density at radius 2 is 1.59 bits per heavy atom. The number of nitrogens with zero attached hydrogens (tertiary/aromatic N) is 4. The first-order valence-corrected chi connectivity index (χ1v) is 11.0. The van der Waals surface area contributed by atoms with Crippen molar-refractivity contribution < 1.29 is 23.6 Å². The maximum atomic E-state index is 13.0. The van der Waals surface area contributed by atoms with Gasteiger partial charge in [-0.25, -0.2) is 14.1 Å². The Morgan fingerprint density at radius 3 is 2.25 bits per heavy atom. The van der Waals surface area contributed by atoms with Crippen molar-refractivity contribution in [2.45, 2.75) is 6.54 Å². The van der Waals surface area contributed by atoms with Gasteiger partial charge in [0, 0.05) is 36.7 Å². The molecular formula is C21H22FN5O4S.